The summed E-state index contributed by atoms with van der Waals surface area (Å²) in [5.74, 6) is -0.159. The van der Waals surface area contributed by atoms with Crippen molar-refractivity contribution in [1.82, 2.24) is 4.98 Å². The van der Waals surface area contributed by atoms with Gasteiger partial charge in [0, 0.05) is 37.6 Å². The molecule has 0 saturated carbocycles. The number of methoxy groups -OCH3 is 1. The number of nitriles is 1. The maximum absolute atomic E-state index is 11.8. The lowest BCUT2D eigenvalue weighted by Gasteiger charge is -2.12. The molecule has 124 valence electrons. The number of aryl methyl sites for hydroxylation is 1. The van der Waals surface area contributed by atoms with E-state index in [1.807, 2.05) is 24.3 Å². The molecule has 0 unspecified atom stereocenters. The Labute approximate surface area is 140 Å². The number of H-pyrrole nitrogens is 1. The second kappa shape index (κ2) is 8.09. The molecule has 1 aromatic carbocycles. The number of ether oxygens (including phenoxy) is 1. The summed E-state index contributed by atoms with van der Waals surface area (Å²) in [5, 5.41) is 11.7. The van der Waals surface area contributed by atoms with E-state index in [1.54, 1.807) is 13.2 Å². The van der Waals surface area contributed by atoms with Crippen molar-refractivity contribution in [3.05, 3.63) is 51.8 Å². The Morgan fingerprint density at radius 3 is 2.75 bits per heavy atom. The molecule has 6 nitrogen and oxygen atoms in total. The normalized spacial score (nSPS) is 10.2. The van der Waals surface area contributed by atoms with Crippen molar-refractivity contribution in [2.45, 2.75) is 19.8 Å². The van der Waals surface area contributed by atoms with Crippen LogP contribution in [0.15, 0.2) is 35.1 Å². The number of benzene rings is 1. The van der Waals surface area contributed by atoms with Crippen LogP contribution in [0.5, 0.6) is 0 Å². The molecule has 1 aromatic heterocycles. The smallest absolute Gasteiger partial charge is 0.266 e. The molecule has 2 aromatic rings. The fraction of sp³-hybridized carbons (Fsp3) is 0.278. The van der Waals surface area contributed by atoms with Gasteiger partial charge < -0.3 is 15.0 Å². The second-order valence-corrected chi connectivity index (χ2v) is 5.38. The molecule has 0 aliphatic carbocycles. The van der Waals surface area contributed by atoms with Crippen molar-refractivity contribution >= 4 is 11.6 Å². The summed E-state index contributed by atoms with van der Waals surface area (Å²) in [6.45, 7) is 2.10. The predicted molar refractivity (Wildman–Crippen MR) is 91.7 cm³/mol. The van der Waals surface area contributed by atoms with Crippen LogP contribution in [0.3, 0.4) is 0 Å². The first kappa shape index (κ1) is 17.4. The van der Waals surface area contributed by atoms with Gasteiger partial charge in [0.2, 0.25) is 5.91 Å². The van der Waals surface area contributed by atoms with Crippen LogP contribution in [0.2, 0.25) is 0 Å². The third kappa shape index (κ3) is 4.31. The standard InChI is InChI=1S/C18H19N3O3/c1-12(22)20-17-10-14(6-5-13(17)4-3-9-24-2)16-8-7-15(11-19)18(23)21-16/h5-8,10H,3-4,9H2,1-2H3,(H,20,22)(H,21,23). The molecular weight excluding hydrogens is 306 g/mol. The summed E-state index contributed by atoms with van der Waals surface area (Å²) in [4.78, 5) is 25.9. The predicted octanol–water partition coefficient (Wildman–Crippen LogP) is 2.45. The van der Waals surface area contributed by atoms with E-state index in [-0.39, 0.29) is 11.5 Å². The Morgan fingerprint density at radius 1 is 1.33 bits per heavy atom. The zero-order valence-electron chi connectivity index (χ0n) is 13.7. The number of anilines is 1. The SMILES string of the molecule is COCCCc1ccc(-c2ccc(C#N)c(=O)[nH]2)cc1NC(C)=O. The number of amides is 1. The van der Waals surface area contributed by atoms with Crippen molar-refractivity contribution in [1.29, 1.82) is 5.26 Å². The van der Waals surface area contributed by atoms with Gasteiger partial charge >= 0.3 is 0 Å². The summed E-state index contributed by atoms with van der Waals surface area (Å²) in [6.07, 6.45) is 1.61. The Morgan fingerprint density at radius 2 is 2.12 bits per heavy atom. The third-order valence-electron chi connectivity index (χ3n) is 3.56. The van der Waals surface area contributed by atoms with Crippen LogP contribution in [-0.4, -0.2) is 24.6 Å². The summed E-state index contributed by atoms with van der Waals surface area (Å²) in [6, 6.07) is 10.6. The Hall–Kier alpha value is -2.91. The van der Waals surface area contributed by atoms with Crippen molar-refractivity contribution in [3.63, 3.8) is 0 Å². The molecule has 6 heteroatoms. The molecule has 0 bridgehead atoms. The van der Waals surface area contributed by atoms with Crippen molar-refractivity contribution in [2.24, 2.45) is 0 Å². The molecule has 2 rings (SSSR count). The molecule has 0 radical (unpaired) electrons. The van der Waals surface area contributed by atoms with Gasteiger partial charge in [-0.1, -0.05) is 12.1 Å². The maximum atomic E-state index is 11.8. The minimum atomic E-state index is -0.430. The van der Waals surface area contributed by atoms with Gasteiger partial charge in [-0.15, -0.1) is 0 Å². The van der Waals surface area contributed by atoms with Gasteiger partial charge in [0.15, 0.2) is 0 Å². The highest BCUT2D eigenvalue weighted by atomic mass is 16.5. The van der Waals surface area contributed by atoms with Crippen LogP contribution in [0, 0.1) is 11.3 Å². The Kier molecular flexibility index (Phi) is 5.88. The second-order valence-electron chi connectivity index (χ2n) is 5.38. The van der Waals surface area contributed by atoms with Crippen LogP contribution in [0.4, 0.5) is 5.69 Å². The molecule has 24 heavy (non-hydrogen) atoms. The number of aromatic nitrogens is 1. The maximum Gasteiger partial charge on any atom is 0.266 e. The first-order chi connectivity index (χ1) is 11.5. The highest BCUT2D eigenvalue weighted by Crippen LogP contribution is 2.25. The van der Waals surface area contributed by atoms with Crippen molar-refractivity contribution in [2.75, 3.05) is 19.0 Å². The van der Waals surface area contributed by atoms with Crippen LogP contribution in [0.1, 0.15) is 24.5 Å². The number of carbonyl (C=O) groups excluding carboxylic acids is 1. The highest BCUT2D eigenvalue weighted by Gasteiger charge is 2.09. The van der Waals surface area contributed by atoms with Gasteiger partial charge in [-0.25, -0.2) is 0 Å². The average molecular weight is 325 g/mol. The van der Waals surface area contributed by atoms with Crippen LogP contribution < -0.4 is 10.9 Å². The van der Waals surface area contributed by atoms with E-state index < -0.39 is 5.56 Å². The van der Waals surface area contributed by atoms with Gasteiger partial charge in [0.25, 0.3) is 5.56 Å². The number of aromatic amines is 1. The molecule has 0 aliphatic heterocycles. The van der Waals surface area contributed by atoms with E-state index >= 15 is 0 Å². The zero-order chi connectivity index (χ0) is 17.5. The number of pyridine rings is 1. The molecule has 0 spiro atoms. The summed E-state index contributed by atoms with van der Waals surface area (Å²) < 4.78 is 5.06. The summed E-state index contributed by atoms with van der Waals surface area (Å²) >= 11 is 0. The number of hydrogen-bond acceptors (Lipinski definition) is 4. The lowest BCUT2D eigenvalue weighted by Crippen LogP contribution is -2.11. The Bertz CT molecular complexity index is 834. The average Bonchev–Trinajstić information content (AvgIpc) is 2.55. The quantitative estimate of drug-likeness (QED) is 0.798. The fourth-order valence-electron chi connectivity index (χ4n) is 2.41. The summed E-state index contributed by atoms with van der Waals surface area (Å²) in [5.41, 5.74) is 2.70. The van der Waals surface area contributed by atoms with Crippen LogP contribution in [0.25, 0.3) is 11.3 Å². The van der Waals surface area contributed by atoms with Gasteiger partial charge in [0.1, 0.15) is 11.6 Å². The topological polar surface area (TPSA) is 95.0 Å². The molecule has 0 atom stereocenters. The van der Waals surface area contributed by atoms with E-state index in [2.05, 4.69) is 10.3 Å². The van der Waals surface area contributed by atoms with E-state index in [9.17, 15) is 9.59 Å². The van der Waals surface area contributed by atoms with E-state index in [0.717, 1.165) is 24.0 Å². The van der Waals surface area contributed by atoms with Crippen LogP contribution >= 0.6 is 0 Å². The Balaban J connectivity index is 2.38. The first-order valence-electron chi connectivity index (χ1n) is 7.58. The number of carbonyl (C=O) groups is 1. The molecule has 0 saturated heterocycles. The van der Waals surface area contributed by atoms with E-state index in [4.69, 9.17) is 10.00 Å². The molecule has 1 amide bonds. The van der Waals surface area contributed by atoms with Crippen LogP contribution in [-0.2, 0) is 16.0 Å². The number of nitrogens with one attached hydrogen (secondary N) is 2. The number of rotatable bonds is 6. The van der Waals surface area contributed by atoms with Gasteiger partial charge in [-0.2, -0.15) is 5.26 Å². The number of nitrogens with zero attached hydrogens (tertiary/aromatic N) is 1. The fourth-order valence-corrected chi connectivity index (χ4v) is 2.41. The zero-order valence-corrected chi connectivity index (χ0v) is 13.7. The largest absolute Gasteiger partial charge is 0.385 e. The van der Waals surface area contributed by atoms with Crippen molar-refractivity contribution < 1.29 is 9.53 Å². The van der Waals surface area contributed by atoms with E-state index in [0.29, 0.717) is 18.0 Å². The summed E-state index contributed by atoms with van der Waals surface area (Å²) in [7, 11) is 1.65. The molecule has 0 fully saturated rings. The van der Waals surface area contributed by atoms with E-state index in [1.165, 1.54) is 13.0 Å². The monoisotopic (exact) mass is 325 g/mol. The third-order valence-corrected chi connectivity index (χ3v) is 3.56. The lowest BCUT2D eigenvalue weighted by atomic mass is 10.0. The first-order valence-corrected chi connectivity index (χ1v) is 7.58. The number of hydrogen-bond donors (Lipinski definition) is 2. The van der Waals surface area contributed by atoms with Gasteiger partial charge in [-0.05, 0) is 36.6 Å². The minimum Gasteiger partial charge on any atom is -0.385 e. The highest BCUT2D eigenvalue weighted by molar-refractivity contribution is 5.90. The minimum absolute atomic E-state index is 0.0667. The molecule has 1 heterocycles. The molecule has 2 N–H and O–H groups in total. The van der Waals surface area contributed by atoms with Crippen molar-refractivity contribution in [3.8, 4) is 17.3 Å². The molecular formula is C18H19N3O3. The lowest BCUT2D eigenvalue weighted by molar-refractivity contribution is -0.114. The van der Waals surface area contributed by atoms with Gasteiger partial charge in [-0.3, -0.25) is 9.59 Å². The van der Waals surface area contributed by atoms with Gasteiger partial charge in [0.05, 0.1) is 0 Å². The molecule has 0 aliphatic rings.